The molecule has 1 aromatic rings. The topological polar surface area (TPSA) is 66.5 Å². The summed E-state index contributed by atoms with van der Waals surface area (Å²) in [6.07, 6.45) is 0.945. The highest BCUT2D eigenvalue weighted by molar-refractivity contribution is 7.89. The normalized spacial score (nSPS) is 22.0. The van der Waals surface area contributed by atoms with E-state index < -0.39 is 21.9 Å². The quantitative estimate of drug-likeness (QED) is 0.911. The average molecular weight is 335 g/mol. The van der Waals surface area contributed by atoms with E-state index in [0.717, 1.165) is 4.31 Å². The molecule has 8 heteroatoms. The number of nitrogens with zero attached hydrogens (tertiary/aromatic N) is 1. The van der Waals surface area contributed by atoms with Crippen LogP contribution in [0.4, 0.5) is 4.39 Å². The maximum atomic E-state index is 12.9. The van der Waals surface area contributed by atoms with Crippen molar-refractivity contribution in [3.05, 3.63) is 34.6 Å². The number of carbonyl (C=O) groups is 1. The van der Waals surface area contributed by atoms with Crippen LogP contribution in [0.2, 0.25) is 5.02 Å². The van der Waals surface area contributed by atoms with Crippen LogP contribution < -0.4 is 5.32 Å². The van der Waals surface area contributed by atoms with Gasteiger partial charge >= 0.3 is 0 Å². The van der Waals surface area contributed by atoms with Crippen molar-refractivity contribution in [2.24, 2.45) is 0 Å². The fraction of sp³-hybridized carbons (Fsp3) is 0.462. The molecule has 1 fully saturated rings. The Bertz CT molecular complexity index is 651. The van der Waals surface area contributed by atoms with Gasteiger partial charge in [0.25, 0.3) is 0 Å². The van der Waals surface area contributed by atoms with Gasteiger partial charge in [-0.05, 0) is 30.5 Å². The van der Waals surface area contributed by atoms with E-state index in [1.54, 1.807) is 0 Å². The van der Waals surface area contributed by atoms with Gasteiger partial charge in [0.2, 0.25) is 15.9 Å². The van der Waals surface area contributed by atoms with Gasteiger partial charge in [-0.3, -0.25) is 4.79 Å². The Balaban J connectivity index is 2.01. The van der Waals surface area contributed by atoms with Crippen molar-refractivity contribution in [2.75, 3.05) is 12.8 Å². The number of carbonyl (C=O) groups excluding carboxylic acids is 1. The molecule has 1 saturated heterocycles. The fourth-order valence-corrected chi connectivity index (χ4v) is 3.88. The first-order chi connectivity index (χ1) is 9.81. The van der Waals surface area contributed by atoms with Gasteiger partial charge < -0.3 is 5.32 Å². The zero-order valence-electron chi connectivity index (χ0n) is 11.5. The Labute approximate surface area is 128 Å². The predicted octanol–water partition coefficient (Wildman–Crippen LogP) is 1.52. The summed E-state index contributed by atoms with van der Waals surface area (Å²) in [5, 5.41) is 2.87. The Morgan fingerprint density at radius 2 is 2.24 bits per heavy atom. The lowest BCUT2D eigenvalue weighted by molar-refractivity contribution is -0.125. The number of likely N-dealkylation sites (N-methyl/N-ethyl adjacent to an activating group) is 1. The van der Waals surface area contributed by atoms with E-state index in [1.807, 2.05) is 0 Å². The van der Waals surface area contributed by atoms with Gasteiger partial charge in [-0.25, -0.2) is 12.8 Å². The number of sulfonamides is 1. The highest BCUT2D eigenvalue weighted by Gasteiger charge is 2.35. The van der Waals surface area contributed by atoms with Gasteiger partial charge in [-0.1, -0.05) is 17.7 Å². The number of hydrogen-bond donors (Lipinski definition) is 1. The Morgan fingerprint density at radius 1 is 1.52 bits per heavy atom. The van der Waals surface area contributed by atoms with E-state index in [4.69, 9.17) is 11.6 Å². The van der Waals surface area contributed by atoms with E-state index in [1.165, 1.54) is 25.2 Å². The second-order valence-electron chi connectivity index (χ2n) is 4.94. The minimum Gasteiger partial charge on any atom is -0.351 e. The molecular weight excluding hydrogens is 319 g/mol. The van der Waals surface area contributed by atoms with Crippen molar-refractivity contribution in [2.45, 2.75) is 25.4 Å². The van der Waals surface area contributed by atoms with Crippen LogP contribution in [0.1, 0.15) is 18.4 Å². The Hall–Kier alpha value is -1.18. The molecule has 0 aromatic heterocycles. The van der Waals surface area contributed by atoms with Gasteiger partial charge in [-0.2, -0.15) is 4.31 Å². The van der Waals surface area contributed by atoms with Crippen LogP contribution in [0.3, 0.4) is 0 Å². The molecule has 0 bridgehead atoms. The second-order valence-corrected chi connectivity index (χ2v) is 7.50. The Kier molecular flexibility index (Phi) is 4.85. The molecule has 1 heterocycles. The first-order valence-corrected chi connectivity index (χ1v) is 8.47. The monoisotopic (exact) mass is 334 g/mol. The molecule has 0 saturated carbocycles. The van der Waals surface area contributed by atoms with Crippen molar-refractivity contribution in [1.82, 2.24) is 9.62 Å². The number of hydrogen-bond acceptors (Lipinski definition) is 3. The molecule has 2 rings (SSSR count). The van der Waals surface area contributed by atoms with Crippen LogP contribution >= 0.6 is 11.6 Å². The van der Waals surface area contributed by atoms with Gasteiger partial charge in [0, 0.05) is 18.6 Å². The molecule has 1 amide bonds. The third kappa shape index (κ3) is 3.72. The molecule has 1 unspecified atom stereocenters. The molecule has 0 spiro atoms. The number of nitrogens with one attached hydrogen (secondary N) is 1. The van der Waals surface area contributed by atoms with Crippen molar-refractivity contribution in [3.63, 3.8) is 0 Å². The number of halogens is 2. The lowest BCUT2D eigenvalue weighted by Gasteiger charge is -2.30. The van der Waals surface area contributed by atoms with Gasteiger partial charge in [0.05, 0.1) is 5.75 Å². The van der Waals surface area contributed by atoms with E-state index in [0.29, 0.717) is 18.4 Å². The molecule has 1 atom stereocenters. The minimum atomic E-state index is -3.36. The summed E-state index contributed by atoms with van der Waals surface area (Å²) in [7, 11) is -1.95. The zero-order chi connectivity index (χ0) is 15.6. The third-order valence-electron chi connectivity index (χ3n) is 3.53. The molecule has 0 aliphatic carbocycles. The van der Waals surface area contributed by atoms with Crippen LogP contribution in [0.5, 0.6) is 0 Å². The SMILES string of the molecule is CN1C(C(=O)NCc2ccc(F)cc2Cl)CCCS1(=O)=O. The minimum absolute atomic E-state index is 0.0665. The first kappa shape index (κ1) is 16.2. The highest BCUT2D eigenvalue weighted by atomic mass is 35.5. The van der Waals surface area contributed by atoms with E-state index in [2.05, 4.69) is 5.32 Å². The number of amides is 1. The van der Waals surface area contributed by atoms with Crippen molar-refractivity contribution in [1.29, 1.82) is 0 Å². The molecule has 1 aliphatic rings. The number of benzene rings is 1. The highest BCUT2D eigenvalue weighted by Crippen LogP contribution is 2.20. The lowest BCUT2D eigenvalue weighted by atomic mass is 10.1. The van der Waals surface area contributed by atoms with Crippen LogP contribution in [-0.2, 0) is 21.4 Å². The van der Waals surface area contributed by atoms with E-state index in [-0.39, 0.29) is 23.2 Å². The van der Waals surface area contributed by atoms with Crippen LogP contribution in [0.25, 0.3) is 0 Å². The molecule has 0 radical (unpaired) electrons. The summed E-state index contributed by atoms with van der Waals surface area (Å²) in [6.45, 7) is 0.127. The maximum Gasteiger partial charge on any atom is 0.238 e. The summed E-state index contributed by atoms with van der Waals surface area (Å²) in [5.41, 5.74) is 0.577. The van der Waals surface area contributed by atoms with Crippen LogP contribution in [-0.4, -0.2) is 37.5 Å². The molecule has 21 heavy (non-hydrogen) atoms. The van der Waals surface area contributed by atoms with Crippen molar-refractivity contribution >= 4 is 27.5 Å². The second kappa shape index (κ2) is 6.29. The van der Waals surface area contributed by atoms with E-state index >= 15 is 0 Å². The van der Waals surface area contributed by atoms with Gasteiger partial charge in [-0.15, -0.1) is 0 Å². The third-order valence-corrected chi connectivity index (χ3v) is 5.82. The largest absolute Gasteiger partial charge is 0.351 e. The summed E-state index contributed by atoms with van der Waals surface area (Å²) >= 11 is 5.88. The van der Waals surface area contributed by atoms with E-state index in [9.17, 15) is 17.6 Å². The zero-order valence-corrected chi connectivity index (χ0v) is 13.0. The fourth-order valence-electron chi connectivity index (χ4n) is 2.24. The van der Waals surface area contributed by atoms with Gasteiger partial charge in [0.15, 0.2) is 0 Å². The molecule has 5 nitrogen and oxygen atoms in total. The smallest absolute Gasteiger partial charge is 0.238 e. The summed E-state index contributed by atoms with van der Waals surface area (Å²) in [6, 6.07) is 3.20. The maximum absolute atomic E-state index is 12.9. The lowest BCUT2D eigenvalue weighted by Crippen LogP contribution is -2.50. The summed E-state index contributed by atoms with van der Waals surface area (Å²) in [4.78, 5) is 12.1. The van der Waals surface area contributed by atoms with Crippen LogP contribution in [0.15, 0.2) is 18.2 Å². The van der Waals surface area contributed by atoms with Crippen molar-refractivity contribution in [3.8, 4) is 0 Å². The van der Waals surface area contributed by atoms with Crippen molar-refractivity contribution < 1.29 is 17.6 Å². The molecule has 1 aliphatic heterocycles. The molecule has 1 aromatic carbocycles. The Morgan fingerprint density at radius 3 is 2.90 bits per heavy atom. The molecular formula is C13H16ClFN2O3S. The number of rotatable bonds is 3. The summed E-state index contributed by atoms with van der Waals surface area (Å²) in [5.74, 6) is -0.758. The predicted molar refractivity (Wildman–Crippen MR) is 77.8 cm³/mol. The van der Waals surface area contributed by atoms with Crippen LogP contribution in [0, 0.1) is 5.82 Å². The average Bonchev–Trinajstić information content (AvgIpc) is 2.40. The molecule has 116 valence electrons. The summed E-state index contributed by atoms with van der Waals surface area (Å²) < 4.78 is 37.5. The molecule has 1 N–H and O–H groups in total. The standard InChI is InChI=1S/C13H16ClFN2O3S/c1-17-12(3-2-6-21(17,19)20)13(18)16-8-9-4-5-10(15)7-11(9)14/h4-5,7,12H,2-3,6,8H2,1H3,(H,16,18). The van der Waals surface area contributed by atoms with Gasteiger partial charge in [0.1, 0.15) is 11.9 Å². The first-order valence-electron chi connectivity index (χ1n) is 6.48.